The molecule has 0 saturated carbocycles. The summed E-state index contributed by atoms with van der Waals surface area (Å²) in [6.07, 6.45) is -0.124. The number of aromatic nitrogens is 2. The summed E-state index contributed by atoms with van der Waals surface area (Å²) in [4.78, 5) is 4.64. The predicted molar refractivity (Wildman–Crippen MR) is 84.9 cm³/mol. The van der Waals surface area contributed by atoms with Crippen LogP contribution in [0.5, 0.6) is 0 Å². The van der Waals surface area contributed by atoms with Crippen LogP contribution in [0.15, 0.2) is 33.7 Å². The van der Waals surface area contributed by atoms with E-state index < -0.39 is 10.0 Å². The smallest absolute Gasteiger partial charge is 0.243 e. The number of hydrogen-bond donors (Lipinski definition) is 0. The van der Waals surface area contributed by atoms with Gasteiger partial charge in [0.2, 0.25) is 15.9 Å². The van der Waals surface area contributed by atoms with E-state index in [9.17, 15) is 8.42 Å². The van der Waals surface area contributed by atoms with Gasteiger partial charge in [-0.05, 0) is 25.5 Å². The third-order valence-corrected chi connectivity index (χ3v) is 6.85. The van der Waals surface area contributed by atoms with E-state index in [-0.39, 0.29) is 17.9 Å². The SMILES string of the molecule is Cc1noc([C@@H]2CO[C@H]3CN(S(=O)(=O)c4ccccc4C)C[C@H]32)n1. The van der Waals surface area contributed by atoms with E-state index in [4.69, 9.17) is 9.26 Å². The van der Waals surface area contributed by atoms with Crippen molar-refractivity contribution in [3.05, 3.63) is 41.5 Å². The maximum atomic E-state index is 13.0. The molecule has 0 aliphatic carbocycles. The molecule has 7 nitrogen and oxygen atoms in total. The van der Waals surface area contributed by atoms with E-state index in [1.54, 1.807) is 19.1 Å². The fourth-order valence-electron chi connectivity index (χ4n) is 3.58. The molecule has 2 aliphatic heterocycles. The number of hydrogen-bond acceptors (Lipinski definition) is 6. The number of rotatable bonds is 3. The second kappa shape index (κ2) is 5.65. The number of fused-ring (bicyclic) bond motifs is 1. The Morgan fingerprint density at radius 2 is 2.00 bits per heavy atom. The lowest BCUT2D eigenvalue weighted by Crippen LogP contribution is -2.31. The van der Waals surface area contributed by atoms with Gasteiger partial charge in [-0.15, -0.1) is 0 Å². The molecular weight excluding hydrogens is 330 g/mol. The second-order valence-electron chi connectivity index (χ2n) is 6.41. The van der Waals surface area contributed by atoms with E-state index in [1.165, 1.54) is 4.31 Å². The Hall–Kier alpha value is -1.77. The van der Waals surface area contributed by atoms with Crippen LogP contribution < -0.4 is 0 Å². The fourth-order valence-corrected chi connectivity index (χ4v) is 5.29. The Balaban J connectivity index is 1.60. The molecule has 3 atom stereocenters. The van der Waals surface area contributed by atoms with Crippen LogP contribution in [0.3, 0.4) is 0 Å². The standard InChI is InChI=1S/C16H19N3O4S/c1-10-5-3-4-6-15(10)24(20,21)19-7-12-13(9-22-14(12)8-19)16-17-11(2)18-23-16/h3-6,12-14H,7-9H2,1-2H3/t12-,13+,14-/m0/s1. The summed E-state index contributed by atoms with van der Waals surface area (Å²) < 4.78 is 38.5. The van der Waals surface area contributed by atoms with Crippen molar-refractivity contribution in [2.45, 2.75) is 30.8 Å². The van der Waals surface area contributed by atoms with E-state index in [0.717, 1.165) is 5.56 Å². The lowest BCUT2D eigenvalue weighted by atomic mass is 9.93. The summed E-state index contributed by atoms with van der Waals surface area (Å²) in [7, 11) is -3.53. The molecule has 3 heterocycles. The summed E-state index contributed by atoms with van der Waals surface area (Å²) >= 11 is 0. The fraction of sp³-hybridized carbons (Fsp3) is 0.500. The van der Waals surface area contributed by atoms with Gasteiger partial charge in [0, 0.05) is 19.0 Å². The Bertz CT molecular complexity index is 864. The summed E-state index contributed by atoms with van der Waals surface area (Å²) in [6.45, 7) is 4.85. The number of benzene rings is 1. The van der Waals surface area contributed by atoms with Crippen LogP contribution in [-0.4, -0.2) is 48.7 Å². The van der Waals surface area contributed by atoms with E-state index in [0.29, 0.717) is 36.3 Å². The normalized spacial score (nSPS) is 27.5. The maximum absolute atomic E-state index is 13.0. The van der Waals surface area contributed by atoms with Crippen LogP contribution >= 0.6 is 0 Å². The summed E-state index contributed by atoms with van der Waals surface area (Å²) in [5.41, 5.74) is 0.750. The van der Waals surface area contributed by atoms with Crippen molar-refractivity contribution in [3.8, 4) is 0 Å². The quantitative estimate of drug-likeness (QED) is 0.834. The van der Waals surface area contributed by atoms with Gasteiger partial charge < -0.3 is 9.26 Å². The third kappa shape index (κ3) is 2.45. The van der Waals surface area contributed by atoms with Gasteiger partial charge in [-0.25, -0.2) is 8.42 Å². The molecule has 4 rings (SSSR count). The topological polar surface area (TPSA) is 85.5 Å². The molecule has 2 fully saturated rings. The minimum absolute atomic E-state index is 0.0450. The average molecular weight is 349 g/mol. The molecule has 2 saturated heterocycles. The first kappa shape index (κ1) is 15.7. The molecule has 0 amide bonds. The molecule has 1 aromatic heterocycles. The van der Waals surface area contributed by atoms with Gasteiger partial charge in [-0.2, -0.15) is 9.29 Å². The molecule has 24 heavy (non-hydrogen) atoms. The molecule has 0 bridgehead atoms. The Morgan fingerprint density at radius 3 is 2.71 bits per heavy atom. The highest BCUT2D eigenvalue weighted by Crippen LogP contribution is 2.41. The highest BCUT2D eigenvalue weighted by Gasteiger charge is 2.49. The molecule has 0 radical (unpaired) electrons. The Morgan fingerprint density at radius 1 is 1.21 bits per heavy atom. The van der Waals surface area contributed by atoms with Gasteiger partial charge in [-0.1, -0.05) is 23.4 Å². The van der Waals surface area contributed by atoms with Crippen LogP contribution in [0.2, 0.25) is 0 Å². The first-order valence-corrected chi connectivity index (χ1v) is 9.38. The van der Waals surface area contributed by atoms with Crippen molar-refractivity contribution in [3.63, 3.8) is 0 Å². The largest absolute Gasteiger partial charge is 0.376 e. The average Bonchev–Trinajstić information content (AvgIpc) is 3.22. The van der Waals surface area contributed by atoms with Crippen molar-refractivity contribution in [1.82, 2.24) is 14.4 Å². The van der Waals surface area contributed by atoms with Gasteiger partial charge in [-0.3, -0.25) is 0 Å². The highest BCUT2D eigenvalue weighted by molar-refractivity contribution is 7.89. The van der Waals surface area contributed by atoms with Crippen molar-refractivity contribution >= 4 is 10.0 Å². The molecule has 0 spiro atoms. The second-order valence-corrected chi connectivity index (χ2v) is 8.32. The van der Waals surface area contributed by atoms with Gasteiger partial charge >= 0.3 is 0 Å². The molecule has 0 unspecified atom stereocenters. The minimum Gasteiger partial charge on any atom is -0.376 e. The summed E-state index contributed by atoms with van der Waals surface area (Å²) in [5.74, 6) is 1.11. The molecule has 0 N–H and O–H groups in total. The van der Waals surface area contributed by atoms with Gasteiger partial charge in [0.1, 0.15) is 0 Å². The monoisotopic (exact) mass is 349 g/mol. The zero-order valence-corrected chi connectivity index (χ0v) is 14.4. The highest BCUT2D eigenvalue weighted by atomic mass is 32.2. The molecular formula is C16H19N3O4S. The molecule has 8 heteroatoms. The van der Waals surface area contributed by atoms with Crippen LogP contribution in [-0.2, 0) is 14.8 Å². The summed E-state index contributed by atoms with van der Waals surface area (Å²) in [5, 5.41) is 3.83. The summed E-state index contributed by atoms with van der Waals surface area (Å²) in [6, 6.07) is 7.05. The number of sulfonamides is 1. The number of aryl methyl sites for hydroxylation is 2. The van der Waals surface area contributed by atoms with Crippen molar-refractivity contribution in [1.29, 1.82) is 0 Å². The van der Waals surface area contributed by atoms with Crippen LogP contribution in [0.1, 0.15) is 23.2 Å². The first-order valence-electron chi connectivity index (χ1n) is 7.94. The number of ether oxygens (including phenoxy) is 1. The van der Waals surface area contributed by atoms with E-state index in [2.05, 4.69) is 10.1 Å². The van der Waals surface area contributed by atoms with Crippen molar-refractivity contribution in [2.75, 3.05) is 19.7 Å². The Kier molecular flexibility index (Phi) is 3.70. The van der Waals surface area contributed by atoms with Crippen LogP contribution in [0.25, 0.3) is 0 Å². The van der Waals surface area contributed by atoms with Crippen LogP contribution in [0, 0.1) is 19.8 Å². The van der Waals surface area contributed by atoms with Gasteiger partial charge in [0.15, 0.2) is 5.82 Å². The third-order valence-electron chi connectivity index (χ3n) is 4.85. The minimum atomic E-state index is -3.53. The van der Waals surface area contributed by atoms with Crippen molar-refractivity contribution < 1.29 is 17.7 Å². The molecule has 128 valence electrons. The van der Waals surface area contributed by atoms with Crippen LogP contribution in [0.4, 0.5) is 0 Å². The van der Waals surface area contributed by atoms with E-state index >= 15 is 0 Å². The Labute approximate surface area is 140 Å². The van der Waals surface area contributed by atoms with E-state index in [1.807, 2.05) is 19.1 Å². The molecule has 2 aromatic rings. The zero-order valence-electron chi connectivity index (χ0n) is 13.5. The van der Waals surface area contributed by atoms with Gasteiger partial charge in [0.25, 0.3) is 0 Å². The number of nitrogens with zero attached hydrogens (tertiary/aromatic N) is 3. The van der Waals surface area contributed by atoms with Gasteiger partial charge in [0.05, 0.1) is 23.5 Å². The molecule has 2 aliphatic rings. The molecule has 1 aromatic carbocycles. The first-order chi connectivity index (χ1) is 11.5. The maximum Gasteiger partial charge on any atom is 0.243 e. The van der Waals surface area contributed by atoms with Crippen molar-refractivity contribution in [2.24, 2.45) is 5.92 Å². The lowest BCUT2D eigenvalue weighted by Gasteiger charge is -2.19. The lowest BCUT2D eigenvalue weighted by molar-refractivity contribution is 0.105. The zero-order chi connectivity index (χ0) is 16.9. The predicted octanol–water partition coefficient (Wildman–Crippen LogP) is 1.49.